The fourth-order valence-electron chi connectivity index (χ4n) is 4.08. The summed E-state index contributed by atoms with van der Waals surface area (Å²) in [5.74, 6) is 0.662. The van der Waals surface area contributed by atoms with E-state index in [2.05, 4.69) is 23.2 Å². The molecule has 4 rings (SSSR count). The lowest BCUT2D eigenvalue weighted by atomic mass is 9.92. The molecule has 0 saturated carbocycles. The highest BCUT2D eigenvalue weighted by molar-refractivity contribution is 5.98. The third kappa shape index (κ3) is 3.91. The van der Waals surface area contributed by atoms with Crippen LogP contribution in [0.1, 0.15) is 53.4 Å². The van der Waals surface area contributed by atoms with Crippen LogP contribution >= 0.6 is 0 Å². The Morgan fingerprint density at radius 2 is 1.89 bits per heavy atom. The number of para-hydroxylation sites is 1. The molecule has 1 aromatic heterocycles. The van der Waals surface area contributed by atoms with Crippen LogP contribution in [0.3, 0.4) is 0 Å². The van der Waals surface area contributed by atoms with Crippen molar-refractivity contribution in [2.24, 2.45) is 0 Å². The molecule has 0 aliphatic heterocycles. The van der Waals surface area contributed by atoms with Crippen LogP contribution < -0.4 is 4.74 Å². The number of H-pyrrole nitrogens is 1. The van der Waals surface area contributed by atoms with Gasteiger partial charge in [-0.1, -0.05) is 24.3 Å². The smallest absolute Gasteiger partial charge is 0.355 e. The topological polar surface area (TPSA) is 51.3 Å². The minimum absolute atomic E-state index is 0.288. The van der Waals surface area contributed by atoms with Gasteiger partial charge in [0.15, 0.2) is 0 Å². The van der Waals surface area contributed by atoms with E-state index < -0.39 is 0 Å². The largest absolute Gasteiger partial charge is 0.494 e. The Balaban J connectivity index is 1.42. The maximum absolute atomic E-state index is 12.3. The molecule has 0 spiro atoms. The van der Waals surface area contributed by atoms with E-state index in [0.29, 0.717) is 18.9 Å². The molecule has 2 aromatic carbocycles. The summed E-state index contributed by atoms with van der Waals surface area (Å²) in [5, 5.41) is 1.08. The number of ether oxygens (including phenoxy) is 2. The average Bonchev–Trinajstić information content (AvgIpc) is 3.10. The predicted octanol–water partition coefficient (Wildman–Crippen LogP) is 5.24. The highest BCUT2D eigenvalue weighted by Gasteiger charge is 2.18. The molecular formula is C24H27NO3. The minimum Gasteiger partial charge on any atom is -0.494 e. The van der Waals surface area contributed by atoms with E-state index in [1.54, 1.807) is 0 Å². The predicted molar refractivity (Wildman–Crippen MR) is 111 cm³/mol. The first-order valence-electron chi connectivity index (χ1n) is 10.3. The molecule has 3 aromatic rings. The first-order valence-corrected chi connectivity index (χ1v) is 10.3. The van der Waals surface area contributed by atoms with E-state index in [1.165, 1.54) is 30.4 Å². The van der Waals surface area contributed by atoms with E-state index in [1.807, 2.05) is 31.2 Å². The highest BCUT2D eigenvalue weighted by atomic mass is 16.5. The SMILES string of the molecule is CCOC(=O)c1[nH]c2ccccc2c1CCCOc1ccc2c(c1)CCCC2. The lowest BCUT2D eigenvalue weighted by Crippen LogP contribution is -2.09. The number of benzene rings is 2. The number of hydrogen-bond acceptors (Lipinski definition) is 3. The zero-order valence-electron chi connectivity index (χ0n) is 16.4. The van der Waals surface area contributed by atoms with Crippen molar-refractivity contribution in [2.45, 2.75) is 45.4 Å². The zero-order valence-corrected chi connectivity index (χ0v) is 16.4. The number of hydrogen-bond donors (Lipinski definition) is 1. The molecule has 4 heteroatoms. The lowest BCUT2D eigenvalue weighted by molar-refractivity contribution is 0.0519. The molecule has 146 valence electrons. The van der Waals surface area contributed by atoms with Gasteiger partial charge in [-0.3, -0.25) is 0 Å². The standard InChI is InChI=1S/C24H27NO3/c1-2-27-24(26)23-21(20-10-5-6-12-22(20)25-23)11-7-15-28-19-14-13-17-8-3-4-9-18(17)16-19/h5-6,10,12-14,16,25H,2-4,7-9,11,15H2,1H3. The zero-order chi connectivity index (χ0) is 19.3. The molecule has 0 unspecified atom stereocenters. The summed E-state index contributed by atoms with van der Waals surface area (Å²) in [4.78, 5) is 15.6. The van der Waals surface area contributed by atoms with Gasteiger partial charge in [0.2, 0.25) is 0 Å². The summed E-state index contributed by atoms with van der Waals surface area (Å²) in [5.41, 5.74) is 5.46. The van der Waals surface area contributed by atoms with E-state index in [-0.39, 0.29) is 5.97 Å². The Bertz CT molecular complexity index is 973. The second kappa shape index (κ2) is 8.51. The molecule has 1 N–H and O–H groups in total. The molecule has 0 saturated heterocycles. The molecule has 0 bridgehead atoms. The van der Waals surface area contributed by atoms with Crippen molar-refractivity contribution in [3.8, 4) is 5.75 Å². The summed E-state index contributed by atoms with van der Waals surface area (Å²) >= 11 is 0. The third-order valence-corrected chi connectivity index (χ3v) is 5.45. The summed E-state index contributed by atoms with van der Waals surface area (Å²) in [7, 11) is 0. The maximum atomic E-state index is 12.3. The van der Waals surface area contributed by atoms with Gasteiger partial charge >= 0.3 is 5.97 Å². The first kappa shape index (κ1) is 18.6. The number of aromatic amines is 1. The number of nitrogens with one attached hydrogen (secondary N) is 1. The van der Waals surface area contributed by atoms with Crippen molar-refractivity contribution >= 4 is 16.9 Å². The number of aromatic nitrogens is 1. The van der Waals surface area contributed by atoms with Crippen molar-refractivity contribution in [1.82, 2.24) is 4.98 Å². The molecule has 0 atom stereocenters. The second-order valence-electron chi connectivity index (χ2n) is 7.33. The van der Waals surface area contributed by atoms with Gasteiger partial charge in [0.1, 0.15) is 11.4 Å². The fraction of sp³-hybridized carbons (Fsp3) is 0.375. The Morgan fingerprint density at radius 3 is 2.75 bits per heavy atom. The van der Waals surface area contributed by atoms with Crippen molar-refractivity contribution in [3.05, 3.63) is 64.8 Å². The van der Waals surface area contributed by atoms with Crippen molar-refractivity contribution in [1.29, 1.82) is 0 Å². The Kier molecular flexibility index (Phi) is 5.65. The van der Waals surface area contributed by atoms with Gasteiger partial charge in [-0.25, -0.2) is 4.79 Å². The van der Waals surface area contributed by atoms with Gasteiger partial charge in [0, 0.05) is 10.9 Å². The Hall–Kier alpha value is -2.75. The number of carbonyl (C=O) groups excluding carboxylic acids is 1. The summed E-state index contributed by atoms with van der Waals surface area (Å²) in [6, 6.07) is 14.5. The molecular weight excluding hydrogens is 350 g/mol. The molecule has 1 aliphatic rings. The van der Waals surface area contributed by atoms with E-state index in [4.69, 9.17) is 9.47 Å². The number of esters is 1. The first-order chi connectivity index (χ1) is 13.8. The Morgan fingerprint density at radius 1 is 1.07 bits per heavy atom. The molecule has 0 amide bonds. The summed E-state index contributed by atoms with van der Waals surface area (Å²) in [6.07, 6.45) is 6.51. The van der Waals surface area contributed by atoms with Crippen LogP contribution in [-0.4, -0.2) is 24.2 Å². The number of fused-ring (bicyclic) bond motifs is 2. The normalized spacial score (nSPS) is 13.3. The number of aryl methyl sites for hydroxylation is 3. The fourth-order valence-corrected chi connectivity index (χ4v) is 4.08. The molecule has 4 nitrogen and oxygen atoms in total. The van der Waals surface area contributed by atoms with Crippen LogP contribution in [0.4, 0.5) is 0 Å². The van der Waals surface area contributed by atoms with E-state index in [0.717, 1.165) is 41.5 Å². The van der Waals surface area contributed by atoms with Crippen LogP contribution in [0.2, 0.25) is 0 Å². The monoisotopic (exact) mass is 377 g/mol. The number of carbonyl (C=O) groups is 1. The van der Waals surface area contributed by atoms with Crippen LogP contribution in [0, 0.1) is 0 Å². The molecule has 28 heavy (non-hydrogen) atoms. The number of rotatable bonds is 7. The van der Waals surface area contributed by atoms with Gasteiger partial charge in [-0.15, -0.1) is 0 Å². The highest BCUT2D eigenvalue weighted by Crippen LogP contribution is 2.27. The van der Waals surface area contributed by atoms with Gasteiger partial charge in [-0.2, -0.15) is 0 Å². The lowest BCUT2D eigenvalue weighted by Gasteiger charge is -2.16. The minimum atomic E-state index is -0.288. The van der Waals surface area contributed by atoms with Gasteiger partial charge < -0.3 is 14.5 Å². The molecule has 0 fully saturated rings. The second-order valence-corrected chi connectivity index (χ2v) is 7.33. The third-order valence-electron chi connectivity index (χ3n) is 5.45. The van der Waals surface area contributed by atoms with E-state index in [9.17, 15) is 4.79 Å². The maximum Gasteiger partial charge on any atom is 0.355 e. The van der Waals surface area contributed by atoms with Crippen LogP contribution in [0.15, 0.2) is 42.5 Å². The quantitative estimate of drug-likeness (QED) is 0.453. The Labute approximate surface area is 165 Å². The molecule has 1 aliphatic carbocycles. The summed E-state index contributed by atoms with van der Waals surface area (Å²) in [6.45, 7) is 2.82. The van der Waals surface area contributed by atoms with Gasteiger partial charge in [-0.05, 0) is 80.3 Å². The molecule has 0 radical (unpaired) electrons. The van der Waals surface area contributed by atoms with Crippen molar-refractivity contribution in [3.63, 3.8) is 0 Å². The van der Waals surface area contributed by atoms with Gasteiger partial charge in [0.05, 0.1) is 13.2 Å². The van der Waals surface area contributed by atoms with Crippen LogP contribution in [-0.2, 0) is 24.0 Å². The van der Waals surface area contributed by atoms with Crippen LogP contribution in [0.25, 0.3) is 10.9 Å². The van der Waals surface area contributed by atoms with Gasteiger partial charge in [0.25, 0.3) is 0 Å². The van der Waals surface area contributed by atoms with Crippen LogP contribution in [0.5, 0.6) is 5.75 Å². The van der Waals surface area contributed by atoms with E-state index >= 15 is 0 Å². The molecule has 1 heterocycles. The van der Waals surface area contributed by atoms with Crippen molar-refractivity contribution in [2.75, 3.05) is 13.2 Å². The average molecular weight is 377 g/mol. The summed E-state index contributed by atoms with van der Waals surface area (Å²) < 4.78 is 11.2. The van der Waals surface area contributed by atoms with Crippen molar-refractivity contribution < 1.29 is 14.3 Å².